The van der Waals surface area contributed by atoms with Gasteiger partial charge < -0.3 is 15.7 Å². The molecule has 3 nitrogen and oxygen atoms in total. The molecule has 0 bridgehead atoms. The van der Waals surface area contributed by atoms with Gasteiger partial charge in [0.05, 0.1) is 12.3 Å². The standard InChI is InChI=1S/C13H21BrN2O/c1-3-6-16(7-8-17)13-5-4-11(10(2)15)9-12(13)14/h4-5,9-10,17H,3,6-8,15H2,1-2H3/t10-/m0/s1. The number of anilines is 1. The van der Waals surface area contributed by atoms with Crippen LogP contribution in [-0.2, 0) is 0 Å². The van der Waals surface area contributed by atoms with Crippen molar-refractivity contribution < 1.29 is 5.11 Å². The largest absolute Gasteiger partial charge is 0.395 e. The van der Waals surface area contributed by atoms with Crippen LogP contribution in [0.5, 0.6) is 0 Å². The number of hydrogen-bond acceptors (Lipinski definition) is 3. The van der Waals surface area contributed by atoms with Gasteiger partial charge in [0.25, 0.3) is 0 Å². The Labute approximate surface area is 112 Å². The molecule has 1 atom stereocenters. The van der Waals surface area contributed by atoms with E-state index in [1.54, 1.807) is 0 Å². The third-order valence-electron chi connectivity index (χ3n) is 2.70. The average molecular weight is 301 g/mol. The smallest absolute Gasteiger partial charge is 0.0606 e. The summed E-state index contributed by atoms with van der Waals surface area (Å²) in [6.07, 6.45) is 1.06. The Bertz CT molecular complexity index is 349. The predicted octanol–water partition coefficient (Wildman–Crippen LogP) is 2.68. The average Bonchev–Trinajstić information content (AvgIpc) is 2.28. The van der Waals surface area contributed by atoms with E-state index in [-0.39, 0.29) is 12.6 Å². The van der Waals surface area contributed by atoms with Gasteiger partial charge in [0.15, 0.2) is 0 Å². The van der Waals surface area contributed by atoms with Crippen LogP contribution in [0.2, 0.25) is 0 Å². The van der Waals surface area contributed by atoms with Crippen LogP contribution in [-0.4, -0.2) is 24.8 Å². The number of aliphatic hydroxyl groups is 1. The maximum absolute atomic E-state index is 9.08. The summed E-state index contributed by atoms with van der Waals surface area (Å²) in [7, 11) is 0. The van der Waals surface area contributed by atoms with Gasteiger partial charge in [0.2, 0.25) is 0 Å². The van der Waals surface area contributed by atoms with Crippen molar-refractivity contribution >= 4 is 21.6 Å². The monoisotopic (exact) mass is 300 g/mol. The molecule has 17 heavy (non-hydrogen) atoms. The Hall–Kier alpha value is -0.580. The number of rotatable bonds is 6. The SMILES string of the molecule is CCCN(CCO)c1ccc([C@H](C)N)cc1Br. The third kappa shape index (κ3) is 3.98. The highest BCUT2D eigenvalue weighted by atomic mass is 79.9. The molecule has 3 N–H and O–H groups in total. The second kappa shape index (κ2) is 6.99. The first-order valence-corrected chi connectivity index (χ1v) is 6.80. The Morgan fingerprint density at radius 1 is 1.41 bits per heavy atom. The number of aliphatic hydroxyl groups excluding tert-OH is 1. The third-order valence-corrected chi connectivity index (χ3v) is 3.34. The molecule has 0 aliphatic rings. The molecule has 0 saturated carbocycles. The van der Waals surface area contributed by atoms with Crippen LogP contribution in [0, 0.1) is 0 Å². The second-order valence-corrected chi connectivity index (χ2v) is 5.06. The fourth-order valence-corrected chi connectivity index (χ4v) is 2.45. The zero-order chi connectivity index (χ0) is 12.8. The molecule has 1 aromatic rings. The highest BCUT2D eigenvalue weighted by molar-refractivity contribution is 9.10. The molecule has 0 spiro atoms. The molecule has 0 aromatic heterocycles. The Balaban J connectivity index is 2.95. The molecule has 0 heterocycles. The van der Waals surface area contributed by atoms with Crippen LogP contribution in [0.25, 0.3) is 0 Å². The number of benzene rings is 1. The fraction of sp³-hybridized carbons (Fsp3) is 0.538. The number of nitrogens with zero attached hydrogens (tertiary/aromatic N) is 1. The summed E-state index contributed by atoms with van der Waals surface area (Å²) in [5.74, 6) is 0. The lowest BCUT2D eigenvalue weighted by Gasteiger charge is -2.25. The summed E-state index contributed by atoms with van der Waals surface area (Å²) >= 11 is 3.58. The maximum atomic E-state index is 9.08. The Morgan fingerprint density at radius 3 is 2.59 bits per heavy atom. The van der Waals surface area contributed by atoms with E-state index < -0.39 is 0 Å². The fourth-order valence-electron chi connectivity index (χ4n) is 1.81. The predicted molar refractivity (Wildman–Crippen MR) is 76.3 cm³/mol. The zero-order valence-corrected chi connectivity index (χ0v) is 12.1. The highest BCUT2D eigenvalue weighted by Gasteiger charge is 2.10. The number of nitrogens with two attached hydrogens (primary N) is 1. The van der Waals surface area contributed by atoms with Gasteiger partial charge in [-0.3, -0.25) is 0 Å². The maximum Gasteiger partial charge on any atom is 0.0606 e. The van der Waals surface area contributed by atoms with Gasteiger partial charge in [0.1, 0.15) is 0 Å². The molecule has 0 aliphatic heterocycles. The molecule has 0 amide bonds. The van der Waals surface area contributed by atoms with Crippen molar-refractivity contribution in [3.8, 4) is 0 Å². The zero-order valence-electron chi connectivity index (χ0n) is 10.5. The Morgan fingerprint density at radius 2 is 2.12 bits per heavy atom. The number of hydrogen-bond donors (Lipinski definition) is 2. The minimum Gasteiger partial charge on any atom is -0.395 e. The lowest BCUT2D eigenvalue weighted by molar-refractivity contribution is 0.302. The lowest BCUT2D eigenvalue weighted by atomic mass is 10.1. The molecule has 96 valence electrons. The van der Waals surface area contributed by atoms with Crippen molar-refractivity contribution in [3.63, 3.8) is 0 Å². The molecular weight excluding hydrogens is 280 g/mol. The van der Waals surface area contributed by atoms with Gasteiger partial charge in [-0.15, -0.1) is 0 Å². The van der Waals surface area contributed by atoms with Crippen LogP contribution >= 0.6 is 15.9 Å². The molecular formula is C13H21BrN2O. The summed E-state index contributed by atoms with van der Waals surface area (Å²) in [6.45, 7) is 5.87. The summed E-state index contributed by atoms with van der Waals surface area (Å²) in [6, 6.07) is 6.21. The molecule has 4 heteroatoms. The molecule has 1 rings (SSSR count). The van der Waals surface area contributed by atoms with E-state index in [0.29, 0.717) is 6.54 Å². The van der Waals surface area contributed by atoms with Crippen LogP contribution < -0.4 is 10.6 Å². The summed E-state index contributed by atoms with van der Waals surface area (Å²) in [4.78, 5) is 2.18. The molecule has 0 fully saturated rings. The van der Waals surface area contributed by atoms with Gasteiger partial charge >= 0.3 is 0 Å². The molecule has 1 aromatic carbocycles. The van der Waals surface area contributed by atoms with E-state index >= 15 is 0 Å². The quantitative estimate of drug-likeness (QED) is 0.849. The summed E-state index contributed by atoms with van der Waals surface area (Å²) in [5.41, 5.74) is 8.08. The van der Waals surface area contributed by atoms with Gasteiger partial charge in [-0.25, -0.2) is 0 Å². The van der Waals surface area contributed by atoms with E-state index in [1.807, 2.05) is 13.0 Å². The molecule has 0 radical (unpaired) electrons. The first-order chi connectivity index (χ1) is 8.10. The molecule has 0 aliphatic carbocycles. The highest BCUT2D eigenvalue weighted by Crippen LogP contribution is 2.29. The van der Waals surface area contributed by atoms with E-state index in [4.69, 9.17) is 10.8 Å². The van der Waals surface area contributed by atoms with E-state index in [9.17, 15) is 0 Å². The van der Waals surface area contributed by atoms with Crippen molar-refractivity contribution in [2.75, 3.05) is 24.6 Å². The van der Waals surface area contributed by atoms with Gasteiger partial charge in [-0.1, -0.05) is 13.0 Å². The lowest BCUT2D eigenvalue weighted by Crippen LogP contribution is -2.27. The van der Waals surface area contributed by atoms with Gasteiger partial charge in [-0.2, -0.15) is 0 Å². The first-order valence-electron chi connectivity index (χ1n) is 6.01. The Kier molecular flexibility index (Phi) is 5.95. The molecule has 0 saturated heterocycles. The van der Waals surface area contributed by atoms with E-state index in [1.165, 1.54) is 0 Å². The van der Waals surface area contributed by atoms with E-state index in [2.05, 4.69) is 39.9 Å². The van der Waals surface area contributed by atoms with Crippen LogP contribution in [0.4, 0.5) is 5.69 Å². The van der Waals surface area contributed by atoms with Crippen LogP contribution in [0.3, 0.4) is 0 Å². The summed E-state index contributed by atoms with van der Waals surface area (Å²) in [5, 5.41) is 9.08. The van der Waals surface area contributed by atoms with Gasteiger partial charge in [0, 0.05) is 23.6 Å². The minimum atomic E-state index is 0.0396. The second-order valence-electron chi connectivity index (χ2n) is 4.21. The van der Waals surface area contributed by atoms with Crippen molar-refractivity contribution in [3.05, 3.63) is 28.2 Å². The first kappa shape index (κ1) is 14.5. The van der Waals surface area contributed by atoms with Gasteiger partial charge in [-0.05, 0) is 47.0 Å². The van der Waals surface area contributed by atoms with Crippen molar-refractivity contribution in [1.29, 1.82) is 0 Å². The van der Waals surface area contributed by atoms with Crippen molar-refractivity contribution in [2.24, 2.45) is 5.73 Å². The van der Waals surface area contributed by atoms with E-state index in [0.717, 1.165) is 28.7 Å². The summed E-state index contributed by atoms with van der Waals surface area (Å²) < 4.78 is 1.04. The molecule has 0 unspecified atom stereocenters. The van der Waals surface area contributed by atoms with Crippen molar-refractivity contribution in [2.45, 2.75) is 26.3 Å². The number of halogens is 1. The van der Waals surface area contributed by atoms with Crippen LogP contribution in [0.1, 0.15) is 31.9 Å². The van der Waals surface area contributed by atoms with Crippen molar-refractivity contribution in [1.82, 2.24) is 0 Å². The minimum absolute atomic E-state index is 0.0396. The normalized spacial score (nSPS) is 12.5. The van der Waals surface area contributed by atoms with Crippen LogP contribution in [0.15, 0.2) is 22.7 Å². The topological polar surface area (TPSA) is 49.5 Å².